The van der Waals surface area contributed by atoms with Crippen molar-refractivity contribution in [2.75, 3.05) is 0 Å². The van der Waals surface area contributed by atoms with E-state index in [4.69, 9.17) is 5.11 Å². The number of carbonyl (C=O) groups is 2. The quantitative estimate of drug-likeness (QED) is 0.790. The van der Waals surface area contributed by atoms with Crippen LogP contribution in [0.2, 0.25) is 0 Å². The molecular weight excluding hydrogens is 266 g/mol. The van der Waals surface area contributed by atoms with E-state index < -0.39 is 12.0 Å². The number of carbonyl (C=O) groups excluding carboxylic acids is 1. The molecule has 114 valence electrons. The van der Waals surface area contributed by atoms with Crippen molar-refractivity contribution in [1.29, 1.82) is 0 Å². The third-order valence-electron chi connectivity index (χ3n) is 3.86. The summed E-state index contributed by atoms with van der Waals surface area (Å²) < 4.78 is 0. The minimum absolute atomic E-state index is 0.0657. The molecule has 0 spiro atoms. The fraction of sp³-hybridized carbons (Fsp3) is 0.529. The number of benzene rings is 1. The Morgan fingerprint density at radius 1 is 1.19 bits per heavy atom. The largest absolute Gasteiger partial charge is 0.481 e. The highest BCUT2D eigenvalue weighted by Gasteiger charge is 2.24. The van der Waals surface area contributed by atoms with E-state index in [0.29, 0.717) is 5.56 Å². The highest BCUT2D eigenvalue weighted by atomic mass is 16.4. The molecule has 4 heteroatoms. The summed E-state index contributed by atoms with van der Waals surface area (Å²) in [5.74, 6) is -1.08. The molecule has 4 nitrogen and oxygen atoms in total. The summed E-state index contributed by atoms with van der Waals surface area (Å²) in [5, 5.41) is 12.1. The zero-order chi connectivity index (χ0) is 15.4. The van der Waals surface area contributed by atoms with E-state index in [9.17, 15) is 9.59 Å². The summed E-state index contributed by atoms with van der Waals surface area (Å²) in [6.45, 7) is 3.82. The Hall–Kier alpha value is -1.68. The van der Waals surface area contributed by atoms with Crippen molar-refractivity contribution in [3.63, 3.8) is 0 Å². The predicted octanol–water partition coefficient (Wildman–Crippen LogP) is 2.59. The maximum atomic E-state index is 12.6. The smallest absolute Gasteiger partial charge is 0.305 e. The van der Waals surface area contributed by atoms with Gasteiger partial charge in [-0.15, -0.1) is 0 Å². The summed E-state index contributed by atoms with van der Waals surface area (Å²) in [6, 6.07) is 5.21. The van der Waals surface area contributed by atoms with Gasteiger partial charge >= 0.3 is 5.97 Å². The van der Waals surface area contributed by atoms with Crippen LogP contribution in [0, 0.1) is 0 Å². The number of ketones is 1. The number of carboxylic acid groups (broad SMARTS) is 1. The summed E-state index contributed by atoms with van der Waals surface area (Å²) in [5.41, 5.74) is 3.19. The van der Waals surface area contributed by atoms with Gasteiger partial charge < -0.3 is 10.4 Å². The lowest BCUT2D eigenvalue weighted by Crippen LogP contribution is -2.42. The fourth-order valence-electron chi connectivity index (χ4n) is 2.89. The molecule has 0 saturated carbocycles. The van der Waals surface area contributed by atoms with Crippen LogP contribution >= 0.6 is 0 Å². The number of Topliss-reactive ketones (excluding diaryl/α,β-unsaturated/α-hetero) is 1. The Labute approximate surface area is 125 Å². The van der Waals surface area contributed by atoms with Crippen molar-refractivity contribution in [2.24, 2.45) is 0 Å². The first-order valence-electron chi connectivity index (χ1n) is 7.61. The summed E-state index contributed by atoms with van der Waals surface area (Å²) in [6.07, 6.45) is 4.27. The molecule has 0 amide bonds. The van der Waals surface area contributed by atoms with Gasteiger partial charge in [0, 0.05) is 11.6 Å². The molecule has 2 rings (SSSR count). The number of rotatable bonds is 6. The zero-order valence-corrected chi connectivity index (χ0v) is 12.7. The maximum Gasteiger partial charge on any atom is 0.305 e. The first-order valence-corrected chi connectivity index (χ1v) is 7.61. The highest BCUT2D eigenvalue weighted by Crippen LogP contribution is 2.23. The van der Waals surface area contributed by atoms with Crippen molar-refractivity contribution >= 4 is 11.8 Å². The third kappa shape index (κ3) is 4.14. The highest BCUT2D eigenvalue weighted by molar-refractivity contribution is 6.02. The van der Waals surface area contributed by atoms with Gasteiger partial charge in [0.25, 0.3) is 0 Å². The van der Waals surface area contributed by atoms with Crippen LogP contribution in [0.4, 0.5) is 0 Å². The van der Waals surface area contributed by atoms with Gasteiger partial charge in [-0.2, -0.15) is 0 Å². The van der Waals surface area contributed by atoms with Crippen LogP contribution in [0.3, 0.4) is 0 Å². The van der Waals surface area contributed by atoms with Crippen LogP contribution in [0.15, 0.2) is 18.2 Å². The summed E-state index contributed by atoms with van der Waals surface area (Å²) in [4.78, 5) is 23.5. The monoisotopic (exact) mass is 289 g/mol. The Morgan fingerprint density at radius 3 is 2.48 bits per heavy atom. The van der Waals surface area contributed by atoms with Gasteiger partial charge in [-0.05, 0) is 42.9 Å². The van der Waals surface area contributed by atoms with Crippen molar-refractivity contribution in [2.45, 2.75) is 58.0 Å². The van der Waals surface area contributed by atoms with E-state index in [1.54, 1.807) is 0 Å². The Morgan fingerprint density at radius 2 is 1.86 bits per heavy atom. The minimum atomic E-state index is -0.959. The van der Waals surface area contributed by atoms with Gasteiger partial charge in [0.05, 0.1) is 12.5 Å². The predicted molar refractivity (Wildman–Crippen MR) is 81.7 cm³/mol. The summed E-state index contributed by atoms with van der Waals surface area (Å²) in [7, 11) is 0. The molecule has 1 aromatic rings. The summed E-state index contributed by atoms with van der Waals surface area (Å²) >= 11 is 0. The van der Waals surface area contributed by atoms with Gasteiger partial charge in [-0.3, -0.25) is 9.59 Å². The first-order chi connectivity index (χ1) is 9.97. The first kappa shape index (κ1) is 15.7. The lowest BCUT2D eigenvalue weighted by Gasteiger charge is -2.20. The number of nitrogens with one attached hydrogen (secondary N) is 1. The molecule has 1 unspecified atom stereocenters. The van der Waals surface area contributed by atoms with Crippen LogP contribution in [0.25, 0.3) is 0 Å². The van der Waals surface area contributed by atoms with E-state index in [0.717, 1.165) is 19.3 Å². The van der Waals surface area contributed by atoms with Gasteiger partial charge in [-0.1, -0.05) is 26.0 Å². The number of aliphatic carboxylic acids is 1. The average molecular weight is 289 g/mol. The van der Waals surface area contributed by atoms with E-state index in [2.05, 4.69) is 5.32 Å². The Kier molecular flexibility index (Phi) is 5.12. The van der Waals surface area contributed by atoms with Gasteiger partial charge in [0.2, 0.25) is 0 Å². The molecule has 1 aromatic carbocycles. The van der Waals surface area contributed by atoms with Crippen LogP contribution in [0.1, 0.15) is 54.6 Å². The second-order valence-corrected chi connectivity index (χ2v) is 6.03. The molecule has 2 N–H and O–H groups in total. The molecule has 0 radical (unpaired) electrons. The minimum Gasteiger partial charge on any atom is -0.481 e. The van der Waals surface area contributed by atoms with Gasteiger partial charge in [0.1, 0.15) is 0 Å². The van der Waals surface area contributed by atoms with Crippen LogP contribution < -0.4 is 5.32 Å². The molecular formula is C17H23NO3. The molecule has 1 atom stereocenters. The second kappa shape index (κ2) is 6.85. The molecule has 0 aliphatic heterocycles. The number of hydrogen-bond acceptors (Lipinski definition) is 3. The van der Waals surface area contributed by atoms with Crippen LogP contribution in [0.5, 0.6) is 0 Å². The van der Waals surface area contributed by atoms with Crippen molar-refractivity contribution in [3.05, 3.63) is 34.9 Å². The van der Waals surface area contributed by atoms with E-state index in [-0.39, 0.29) is 18.2 Å². The van der Waals surface area contributed by atoms with Crippen LogP contribution in [-0.2, 0) is 17.6 Å². The van der Waals surface area contributed by atoms with Crippen molar-refractivity contribution < 1.29 is 14.7 Å². The zero-order valence-electron chi connectivity index (χ0n) is 12.7. The molecule has 0 saturated heterocycles. The average Bonchev–Trinajstić information content (AvgIpc) is 2.44. The maximum absolute atomic E-state index is 12.6. The molecule has 0 aromatic heterocycles. The number of carboxylic acids is 1. The van der Waals surface area contributed by atoms with Crippen molar-refractivity contribution in [1.82, 2.24) is 5.32 Å². The van der Waals surface area contributed by atoms with Crippen LogP contribution in [-0.4, -0.2) is 28.9 Å². The lowest BCUT2D eigenvalue weighted by atomic mass is 9.88. The Balaban J connectivity index is 2.21. The van der Waals surface area contributed by atoms with E-state index in [1.807, 2.05) is 32.0 Å². The van der Waals surface area contributed by atoms with E-state index >= 15 is 0 Å². The molecule has 1 aliphatic rings. The molecule has 0 heterocycles. The second-order valence-electron chi connectivity index (χ2n) is 6.03. The standard InChI is InChI=1S/C17H23NO3/c1-11(2)18-15(10-16(19)20)17(21)14-8-7-12-5-3-4-6-13(12)9-14/h7-9,11,15,18H,3-6,10H2,1-2H3,(H,19,20). The molecule has 21 heavy (non-hydrogen) atoms. The Bertz CT molecular complexity index is 537. The number of hydrogen-bond donors (Lipinski definition) is 2. The molecule has 0 bridgehead atoms. The molecule has 1 aliphatic carbocycles. The fourth-order valence-corrected chi connectivity index (χ4v) is 2.89. The molecule has 0 fully saturated rings. The lowest BCUT2D eigenvalue weighted by molar-refractivity contribution is -0.137. The SMILES string of the molecule is CC(C)NC(CC(=O)O)C(=O)c1ccc2c(c1)CCCC2. The third-order valence-corrected chi connectivity index (χ3v) is 3.86. The normalized spacial score (nSPS) is 15.6. The van der Waals surface area contributed by atoms with Gasteiger partial charge in [-0.25, -0.2) is 0 Å². The number of fused-ring (bicyclic) bond motifs is 1. The topological polar surface area (TPSA) is 66.4 Å². The van der Waals surface area contributed by atoms with E-state index in [1.165, 1.54) is 17.5 Å². The van der Waals surface area contributed by atoms with Gasteiger partial charge in [0.15, 0.2) is 5.78 Å². The number of aryl methyl sites for hydroxylation is 2. The van der Waals surface area contributed by atoms with Crippen molar-refractivity contribution in [3.8, 4) is 0 Å².